The molecule has 0 radical (unpaired) electrons. The number of carbonyl (C=O) groups is 1. The normalized spacial score (nSPS) is 11.4. The van der Waals surface area contributed by atoms with Gasteiger partial charge in [-0.3, -0.25) is 4.79 Å². The first kappa shape index (κ1) is 19.3. The highest BCUT2D eigenvalue weighted by atomic mass is 35.5. The molecule has 9 heteroatoms. The molecule has 0 atom stereocenters. The molecule has 3 aromatic rings. The van der Waals surface area contributed by atoms with Gasteiger partial charge < -0.3 is 9.73 Å². The highest BCUT2D eigenvalue weighted by Crippen LogP contribution is 2.31. The van der Waals surface area contributed by atoms with E-state index in [9.17, 15) is 18.0 Å². The fourth-order valence-corrected chi connectivity index (χ4v) is 2.90. The topological polar surface area (TPSA) is 55.1 Å². The zero-order valence-corrected chi connectivity index (χ0v) is 15.2. The molecule has 4 nitrogen and oxygen atoms in total. The Morgan fingerprint density at radius 2 is 1.93 bits per heavy atom. The molecule has 0 saturated heterocycles. The van der Waals surface area contributed by atoms with Crippen LogP contribution in [0.15, 0.2) is 64.4 Å². The lowest BCUT2D eigenvalue weighted by Crippen LogP contribution is -2.15. The van der Waals surface area contributed by atoms with Crippen molar-refractivity contribution >= 4 is 35.0 Å². The summed E-state index contributed by atoms with van der Waals surface area (Å²) in [6.45, 7) is 0. The third-order valence-corrected chi connectivity index (χ3v) is 4.51. The van der Waals surface area contributed by atoms with Crippen LogP contribution < -0.4 is 5.32 Å². The minimum absolute atomic E-state index is 0.0587. The standard InChI is InChI=1S/C18H12ClF3N2O2S/c19-13-6-4-11(5-7-13)15-9-23-17(26-15)27-10-16(25)24-14-3-1-2-12(8-14)18(20,21)22/h1-9H,10H2,(H,24,25). The number of carbonyl (C=O) groups excluding carboxylic acids is 1. The number of nitrogens with one attached hydrogen (secondary N) is 1. The van der Waals surface area contributed by atoms with Gasteiger partial charge >= 0.3 is 6.18 Å². The molecule has 1 amide bonds. The summed E-state index contributed by atoms with van der Waals surface area (Å²) in [5, 5.41) is 3.30. The molecular formula is C18H12ClF3N2O2S. The molecule has 0 aliphatic rings. The van der Waals surface area contributed by atoms with Crippen molar-refractivity contribution < 1.29 is 22.4 Å². The fraction of sp³-hybridized carbons (Fsp3) is 0.111. The maximum absolute atomic E-state index is 12.7. The highest BCUT2D eigenvalue weighted by Gasteiger charge is 2.30. The lowest BCUT2D eigenvalue weighted by atomic mass is 10.2. The molecular weight excluding hydrogens is 401 g/mol. The molecule has 0 fully saturated rings. The van der Waals surface area contributed by atoms with Crippen molar-refractivity contribution in [3.05, 3.63) is 65.3 Å². The predicted molar refractivity (Wildman–Crippen MR) is 97.7 cm³/mol. The fourth-order valence-electron chi connectivity index (χ4n) is 2.17. The number of nitrogens with zero attached hydrogens (tertiary/aromatic N) is 1. The number of halogens is 4. The average molecular weight is 413 g/mol. The van der Waals surface area contributed by atoms with Gasteiger partial charge in [0.15, 0.2) is 5.76 Å². The Kier molecular flexibility index (Phi) is 5.76. The molecule has 2 aromatic carbocycles. The van der Waals surface area contributed by atoms with Crippen LogP contribution in [0.1, 0.15) is 5.56 Å². The van der Waals surface area contributed by atoms with Gasteiger partial charge in [-0.05, 0) is 42.5 Å². The van der Waals surface area contributed by atoms with E-state index in [4.69, 9.17) is 16.0 Å². The first-order valence-electron chi connectivity index (χ1n) is 7.63. The van der Waals surface area contributed by atoms with Crippen molar-refractivity contribution in [2.75, 3.05) is 11.1 Å². The quantitative estimate of drug-likeness (QED) is 0.542. The molecule has 0 unspecified atom stereocenters. The molecule has 0 spiro atoms. The minimum Gasteiger partial charge on any atom is -0.431 e. The summed E-state index contributed by atoms with van der Waals surface area (Å²) in [4.78, 5) is 16.0. The zero-order valence-electron chi connectivity index (χ0n) is 13.6. The van der Waals surface area contributed by atoms with Gasteiger partial charge in [-0.2, -0.15) is 13.2 Å². The van der Waals surface area contributed by atoms with Crippen molar-refractivity contribution in [2.24, 2.45) is 0 Å². The van der Waals surface area contributed by atoms with E-state index in [1.165, 1.54) is 18.3 Å². The summed E-state index contributed by atoms with van der Waals surface area (Å²) in [5.41, 5.74) is 0.0325. The Morgan fingerprint density at radius 1 is 1.19 bits per heavy atom. The van der Waals surface area contributed by atoms with Crippen molar-refractivity contribution in [1.29, 1.82) is 0 Å². The van der Waals surface area contributed by atoms with E-state index in [-0.39, 0.29) is 16.7 Å². The summed E-state index contributed by atoms with van der Waals surface area (Å²) in [7, 11) is 0. The second-order valence-corrected chi connectivity index (χ2v) is 6.78. The number of hydrogen-bond acceptors (Lipinski definition) is 4. The summed E-state index contributed by atoms with van der Waals surface area (Å²) < 4.78 is 43.6. The monoisotopic (exact) mass is 412 g/mol. The summed E-state index contributed by atoms with van der Waals surface area (Å²) in [6.07, 6.45) is -2.94. The second-order valence-electron chi connectivity index (χ2n) is 5.41. The smallest absolute Gasteiger partial charge is 0.416 e. The molecule has 27 heavy (non-hydrogen) atoms. The molecule has 0 aliphatic heterocycles. The lowest BCUT2D eigenvalue weighted by Gasteiger charge is -2.09. The number of hydrogen-bond donors (Lipinski definition) is 1. The minimum atomic E-state index is -4.47. The Labute approximate surface area is 161 Å². The Balaban J connectivity index is 1.58. The van der Waals surface area contributed by atoms with Crippen molar-refractivity contribution in [2.45, 2.75) is 11.4 Å². The van der Waals surface area contributed by atoms with Gasteiger partial charge in [0.05, 0.1) is 17.5 Å². The van der Waals surface area contributed by atoms with E-state index in [2.05, 4.69) is 10.3 Å². The van der Waals surface area contributed by atoms with Gasteiger partial charge in [-0.15, -0.1) is 0 Å². The van der Waals surface area contributed by atoms with Crippen LogP contribution in [-0.2, 0) is 11.0 Å². The maximum atomic E-state index is 12.7. The molecule has 1 aromatic heterocycles. The van der Waals surface area contributed by atoms with E-state index in [1.54, 1.807) is 24.3 Å². The molecule has 0 saturated carbocycles. The molecule has 1 heterocycles. The number of thioether (sulfide) groups is 1. The molecule has 1 N–H and O–H groups in total. The average Bonchev–Trinajstić information content (AvgIpc) is 3.09. The third-order valence-electron chi connectivity index (χ3n) is 3.41. The molecule has 140 valence electrons. The highest BCUT2D eigenvalue weighted by molar-refractivity contribution is 7.99. The van der Waals surface area contributed by atoms with Crippen LogP contribution in [0.4, 0.5) is 18.9 Å². The first-order valence-corrected chi connectivity index (χ1v) is 8.99. The number of oxazole rings is 1. The Bertz CT molecular complexity index is 942. The van der Waals surface area contributed by atoms with Crippen LogP contribution in [-0.4, -0.2) is 16.6 Å². The Morgan fingerprint density at radius 3 is 2.63 bits per heavy atom. The van der Waals surface area contributed by atoms with Gasteiger partial charge in [-0.25, -0.2) is 4.98 Å². The van der Waals surface area contributed by atoms with Gasteiger partial charge in [0, 0.05) is 16.3 Å². The SMILES string of the molecule is O=C(CSc1ncc(-c2ccc(Cl)cc2)o1)Nc1cccc(C(F)(F)F)c1. The second kappa shape index (κ2) is 8.06. The van der Waals surface area contributed by atoms with Crippen LogP contribution in [0.3, 0.4) is 0 Å². The van der Waals surface area contributed by atoms with Crippen LogP contribution in [0, 0.1) is 0 Å². The number of amides is 1. The predicted octanol–water partition coefficient (Wildman–Crippen LogP) is 5.74. The lowest BCUT2D eigenvalue weighted by molar-refractivity contribution is -0.137. The van der Waals surface area contributed by atoms with Crippen molar-refractivity contribution in [3.63, 3.8) is 0 Å². The number of anilines is 1. The van der Waals surface area contributed by atoms with Crippen LogP contribution in [0.2, 0.25) is 5.02 Å². The number of benzene rings is 2. The third kappa shape index (κ3) is 5.27. The van der Waals surface area contributed by atoms with E-state index in [0.717, 1.165) is 29.5 Å². The Hall–Kier alpha value is -2.45. The van der Waals surface area contributed by atoms with Crippen LogP contribution >= 0.6 is 23.4 Å². The maximum Gasteiger partial charge on any atom is 0.416 e. The largest absolute Gasteiger partial charge is 0.431 e. The number of aromatic nitrogens is 1. The van der Waals surface area contributed by atoms with Crippen molar-refractivity contribution in [3.8, 4) is 11.3 Å². The van der Waals surface area contributed by atoms with Gasteiger partial charge in [0.25, 0.3) is 5.22 Å². The summed E-state index contributed by atoms with van der Waals surface area (Å²) >= 11 is 6.87. The summed E-state index contributed by atoms with van der Waals surface area (Å²) in [5.74, 6) is -0.00499. The van der Waals surface area contributed by atoms with Gasteiger partial charge in [0.1, 0.15) is 0 Å². The first-order chi connectivity index (χ1) is 12.8. The number of alkyl halides is 3. The molecule has 0 aliphatic carbocycles. The van der Waals surface area contributed by atoms with Crippen LogP contribution in [0.25, 0.3) is 11.3 Å². The van der Waals surface area contributed by atoms with E-state index in [1.807, 2.05) is 0 Å². The van der Waals surface area contributed by atoms with Crippen molar-refractivity contribution in [1.82, 2.24) is 4.98 Å². The van der Waals surface area contributed by atoms with Gasteiger partial charge in [-0.1, -0.05) is 29.4 Å². The van der Waals surface area contributed by atoms with E-state index in [0.29, 0.717) is 10.8 Å². The van der Waals surface area contributed by atoms with Crippen LogP contribution in [0.5, 0.6) is 0 Å². The van der Waals surface area contributed by atoms with Gasteiger partial charge in [0.2, 0.25) is 5.91 Å². The molecule has 0 bridgehead atoms. The molecule has 3 rings (SSSR count). The van der Waals surface area contributed by atoms with E-state index >= 15 is 0 Å². The summed E-state index contributed by atoms with van der Waals surface area (Å²) in [6, 6.07) is 11.4. The van der Waals surface area contributed by atoms with E-state index < -0.39 is 17.6 Å². The number of rotatable bonds is 5. The zero-order chi connectivity index (χ0) is 19.4.